The van der Waals surface area contributed by atoms with Gasteiger partial charge in [0, 0.05) is 6.54 Å². The molecule has 0 aromatic carbocycles. The van der Waals surface area contributed by atoms with E-state index < -0.39 is 5.91 Å². The fraction of sp³-hybridized carbons (Fsp3) is 0.364. The third-order valence-corrected chi connectivity index (χ3v) is 2.46. The smallest absolute Gasteiger partial charge is 0.307 e. The molecule has 0 aliphatic heterocycles. The van der Waals surface area contributed by atoms with E-state index in [0.29, 0.717) is 6.61 Å². The number of esters is 1. The van der Waals surface area contributed by atoms with Gasteiger partial charge in [0.05, 0.1) is 18.1 Å². The van der Waals surface area contributed by atoms with Crippen LogP contribution in [0.1, 0.15) is 23.8 Å². The molecule has 0 atom stereocenters. The van der Waals surface area contributed by atoms with Gasteiger partial charge in [0.15, 0.2) is 0 Å². The minimum absolute atomic E-state index is 0.0352. The van der Waals surface area contributed by atoms with Crippen LogP contribution in [0.15, 0.2) is 12.1 Å². The molecule has 0 spiro atoms. The standard InChI is InChI=1S/C11H12Cl2N2O3/c1-2-18-9(16)5-6-14-11(17)10-7(12)3-4-8(13)15-10/h3-4H,2,5-6H2,1H3,(H,14,17). The van der Waals surface area contributed by atoms with Crippen molar-refractivity contribution in [1.82, 2.24) is 10.3 Å². The molecule has 1 amide bonds. The van der Waals surface area contributed by atoms with Crippen LogP contribution in [0.5, 0.6) is 0 Å². The van der Waals surface area contributed by atoms with Crippen LogP contribution in [0.25, 0.3) is 0 Å². The molecule has 0 saturated carbocycles. The van der Waals surface area contributed by atoms with E-state index in [4.69, 9.17) is 27.9 Å². The summed E-state index contributed by atoms with van der Waals surface area (Å²) in [5.74, 6) is -0.852. The highest BCUT2D eigenvalue weighted by Gasteiger charge is 2.13. The molecule has 5 nitrogen and oxygen atoms in total. The summed E-state index contributed by atoms with van der Waals surface area (Å²) < 4.78 is 4.72. The topological polar surface area (TPSA) is 68.3 Å². The molecule has 0 saturated heterocycles. The summed E-state index contributed by atoms with van der Waals surface area (Å²) in [4.78, 5) is 26.5. The van der Waals surface area contributed by atoms with Crippen LogP contribution in [-0.2, 0) is 9.53 Å². The molecule has 18 heavy (non-hydrogen) atoms. The number of nitrogens with one attached hydrogen (secondary N) is 1. The molecule has 1 rings (SSSR count). The van der Waals surface area contributed by atoms with E-state index in [2.05, 4.69) is 10.3 Å². The number of rotatable bonds is 5. The molecule has 0 unspecified atom stereocenters. The van der Waals surface area contributed by atoms with Crippen molar-refractivity contribution in [2.45, 2.75) is 13.3 Å². The fourth-order valence-corrected chi connectivity index (χ4v) is 1.51. The van der Waals surface area contributed by atoms with Crippen LogP contribution in [-0.4, -0.2) is 30.0 Å². The van der Waals surface area contributed by atoms with Gasteiger partial charge < -0.3 is 10.1 Å². The van der Waals surface area contributed by atoms with Crippen LogP contribution in [0, 0.1) is 0 Å². The minimum atomic E-state index is -0.480. The lowest BCUT2D eigenvalue weighted by molar-refractivity contribution is -0.142. The van der Waals surface area contributed by atoms with Gasteiger partial charge in [-0.25, -0.2) is 4.98 Å². The van der Waals surface area contributed by atoms with Crippen molar-refractivity contribution in [3.8, 4) is 0 Å². The van der Waals surface area contributed by atoms with E-state index in [0.717, 1.165) is 0 Å². The Labute approximate surface area is 114 Å². The highest BCUT2D eigenvalue weighted by atomic mass is 35.5. The van der Waals surface area contributed by atoms with Crippen LogP contribution in [0.2, 0.25) is 10.2 Å². The summed E-state index contributed by atoms with van der Waals surface area (Å²) in [7, 11) is 0. The molecule has 0 bridgehead atoms. The molecule has 98 valence electrons. The highest BCUT2D eigenvalue weighted by molar-refractivity contribution is 6.34. The van der Waals surface area contributed by atoms with E-state index in [1.165, 1.54) is 12.1 Å². The highest BCUT2D eigenvalue weighted by Crippen LogP contribution is 2.16. The van der Waals surface area contributed by atoms with Crippen LogP contribution in [0.3, 0.4) is 0 Å². The van der Waals surface area contributed by atoms with Crippen molar-refractivity contribution in [1.29, 1.82) is 0 Å². The lowest BCUT2D eigenvalue weighted by atomic mass is 10.3. The predicted molar refractivity (Wildman–Crippen MR) is 67.8 cm³/mol. The molecule has 1 aromatic rings. The molecule has 0 radical (unpaired) electrons. The predicted octanol–water partition coefficient (Wildman–Crippen LogP) is 2.07. The number of amides is 1. The number of hydrogen-bond donors (Lipinski definition) is 1. The lowest BCUT2D eigenvalue weighted by Gasteiger charge is -2.06. The maximum absolute atomic E-state index is 11.7. The second-order valence-corrected chi connectivity index (χ2v) is 4.07. The largest absolute Gasteiger partial charge is 0.466 e. The van der Waals surface area contributed by atoms with Crippen molar-refractivity contribution >= 4 is 35.1 Å². The van der Waals surface area contributed by atoms with Gasteiger partial charge in [0.2, 0.25) is 0 Å². The number of hydrogen-bond acceptors (Lipinski definition) is 4. The van der Waals surface area contributed by atoms with E-state index >= 15 is 0 Å². The summed E-state index contributed by atoms with van der Waals surface area (Å²) in [5, 5.41) is 2.89. The Hall–Kier alpha value is -1.33. The van der Waals surface area contributed by atoms with Crippen LogP contribution in [0.4, 0.5) is 0 Å². The zero-order valence-corrected chi connectivity index (χ0v) is 11.2. The van der Waals surface area contributed by atoms with Crippen molar-refractivity contribution < 1.29 is 14.3 Å². The minimum Gasteiger partial charge on any atom is -0.466 e. The van der Waals surface area contributed by atoms with Gasteiger partial charge in [-0.3, -0.25) is 9.59 Å². The SMILES string of the molecule is CCOC(=O)CCNC(=O)c1nc(Cl)ccc1Cl. The summed E-state index contributed by atoms with van der Waals surface area (Å²) in [6.07, 6.45) is 0.0950. The number of nitrogens with zero attached hydrogens (tertiary/aromatic N) is 1. The Morgan fingerprint density at radius 1 is 1.39 bits per heavy atom. The average Bonchev–Trinajstić information content (AvgIpc) is 2.32. The Morgan fingerprint density at radius 2 is 2.11 bits per heavy atom. The van der Waals surface area contributed by atoms with Gasteiger partial charge in [0.1, 0.15) is 10.8 Å². The van der Waals surface area contributed by atoms with Crippen molar-refractivity contribution in [2.75, 3.05) is 13.2 Å². The van der Waals surface area contributed by atoms with Gasteiger partial charge in [-0.1, -0.05) is 23.2 Å². The molecule has 0 fully saturated rings. The summed E-state index contributed by atoms with van der Waals surface area (Å²) >= 11 is 11.5. The molecule has 0 aliphatic rings. The number of carbonyl (C=O) groups excluding carboxylic acids is 2. The van der Waals surface area contributed by atoms with E-state index in [1.807, 2.05) is 0 Å². The maximum Gasteiger partial charge on any atom is 0.307 e. The van der Waals surface area contributed by atoms with Crippen molar-refractivity contribution in [2.24, 2.45) is 0 Å². The van der Waals surface area contributed by atoms with E-state index in [1.54, 1.807) is 6.92 Å². The van der Waals surface area contributed by atoms with Crippen LogP contribution >= 0.6 is 23.2 Å². The van der Waals surface area contributed by atoms with Gasteiger partial charge in [-0.2, -0.15) is 0 Å². The van der Waals surface area contributed by atoms with Crippen molar-refractivity contribution in [3.05, 3.63) is 28.0 Å². The molecular formula is C11H12Cl2N2O3. The van der Waals surface area contributed by atoms with Crippen molar-refractivity contribution in [3.63, 3.8) is 0 Å². The third-order valence-electron chi connectivity index (χ3n) is 1.95. The van der Waals surface area contributed by atoms with Gasteiger partial charge >= 0.3 is 5.97 Å². The van der Waals surface area contributed by atoms with E-state index in [-0.39, 0.29) is 34.8 Å². The summed E-state index contributed by atoms with van der Waals surface area (Å²) in [6.45, 7) is 2.18. The quantitative estimate of drug-likeness (QED) is 0.666. The summed E-state index contributed by atoms with van der Waals surface area (Å²) in [5.41, 5.74) is 0.0352. The number of aromatic nitrogens is 1. The molecule has 1 heterocycles. The zero-order chi connectivity index (χ0) is 13.5. The first-order valence-electron chi connectivity index (χ1n) is 5.30. The number of ether oxygens (including phenoxy) is 1. The fourth-order valence-electron chi connectivity index (χ4n) is 1.17. The second kappa shape index (κ2) is 7.18. The van der Waals surface area contributed by atoms with Gasteiger partial charge in [-0.05, 0) is 19.1 Å². The molecule has 7 heteroatoms. The summed E-state index contributed by atoms with van der Waals surface area (Å²) in [6, 6.07) is 2.97. The first-order valence-corrected chi connectivity index (χ1v) is 6.06. The Kier molecular flexibility index (Phi) is 5.88. The Balaban J connectivity index is 2.50. The molecule has 1 N–H and O–H groups in total. The Bertz CT molecular complexity index is 452. The molecule has 1 aromatic heterocycles. The average molecular weight is 291 g/mol. The van der Waals surface area contributed by atoms with Gasteiger partial charge in [0.25, 0.3) is 5.91 Å². The molecular weight excluding hydrogens is 279 g/mol. The second-order valence-electron chi connectivity index (χ2n) is 3.28. The number of halogens is 2. The Morgan fingerprint density at radius 3 is 2.78 bits per heavy atom. The van der Waals surface area contributed by atoms with Gasteiger partial charge in [-0.15, -0.1) is 0 Å². The lowest BCUT2D eigenvalue weighted by Crippen LogP contribution is -2.27. The number of carbonyl (C=O) groups is 2. The first kappa shape index (κ1) is 14.7. The monoisotopic (exact) mass is 290 g/mol. The molecule has 0 aliphatic carbocycles. The first-order chi connectivity index (χ1) is 8.54. The normalized spacial score (nSPS) is 9.94. The third kappa shape index (κ3) is 4.50. The van der Waals surface area contributed by atoms with E-state index in [9.17, 15) is 9.59 Å². The maximum atomic E-state index is 11.7. The zero-order valence-electron chi connectivity index (χ0n) is 9.70. The van der Waals surface area contributed by atoms with Crippen LogP contribution < -0.4 is 5.32 Å². The number of pyridine rings is 1.